The molecule has 1 atom stereocenters. The summed E-state index contributed by atoms with van der Waals surface area (Å²) < 4.78 is 0. The monoisotopic (exact) mass is 485 g/mol. The van der Waals surface area contributed by atoms with Gasteiger partial charge < -0.3 is 21.1 Å². The van der Waals surface area contributed by atoms with Gasteiger partial charge in [-0.15, -0.1) is 0 Å². The summed E-state index contributed by atoms with van der Waals surface area (Å²) >= 11 is 12.0. The number of benzene rings is 3. The normalized spacial score (nSPS) is 11.5. The van der Waals surface area contributed by atoms with Crippen LogP contribution in [0.3, 0.4) is 0 Å². The van der Waals surface area contributed by atoms with Gasteiger partial charge in [-0.05, 0) is 23.3 Å². The van der Waals surface area contributed by atoms with Gasteiger partial charge in [0.15, 0.2) is 0 Å². The Labute approximate surface area is 200 Å². The van der Waals surface area contributed by atoms with Gasteiger partial charge >= 0.3 is 12.0 Å². The van der Waals surface area contributed by atoms with E-state index in [4.69, 9.17) is 23.2 Å². The Hall–Kier alpha value is -3.55. The molecular weight excluding hydrogens is 465 g/mol. The summed E-state index contributed by atoms with van der Waals surface area (Å²) in [7, 11) is 0. The fraction of sp³-hybridized carbons (Fsp3) is 0.125. The van der Waals surface area contributed by atoms with Crippen molar-refractivity contribution in [2.24, 2.45) is 0 Å². The van der Waals surface area contributed by atoms with Crippen molar-refractivity contribution in [2.45, 2.75) is 12.1 Å². The molecule has 0 aromatic heterocycles. The number of carbonyl (C=O) groups is 3. The highest BCUT2D eigenvalue weighted by atomic mass is 35.5. The summed E-state index contributed by atoms with van der Waals surface area (Å²) in [6.45, 7) is -0.356. The number of hydrogen-bond donors (Lipinski definition) is 4. The van der Waals surface area contributed by atoms with Crippen molar-refractivity contribution >= 4 is 41.1 Å². The third-order valence-electron chi connectivity index (χ3n) is 4.80. The number of nitrogens with one attached hydrogen (secondary N) is 3. The van der Waals surface area contributed by atoms with E-state index in [1.54, 1.807) is 6.07 Å². The van der Waals surface area contributed by atoms with Crippen LogP contribution in [0.15, 0.2) is 78.9 Å². The van der Waals surface area contributed by atoms with E-state index in [9.17, 15) is 19.5 Å². The van der Waals surface area contributed by atoms with E-state index in [0.29, 0.717) is 0 Å². The van der Waals surface area contributed by atoms with E-state index in [-0.39, 0.29) is 22.2 Å². The van der Waals surface area contributed by atoms with Crippen LogP contribution in [0.1, 0.15) is 27.5 Å². The van der Waals surface area contributed by atoms with Crippen LogP contribution in [0.5, 0.6) is 0 Å². The SMILES string of the molecule is O=C(NC[C@H](NC(=O)c1c(Cl)cccc1Cl)C(=O)O)NC(c1ccccc1)c1ccccc1. The van der Waals surface area contributed by atoms with Crippen molar-refractivity contribution < 1.29 is 19.5 Å². The summed E-state index contributed by atoms with van der Waals surface area (Å²) in [6.07, 6.45) is 0. The molecule has 9 heteroatoms. The number of hydrogen-bond acceptors (Lipinski definition) is 3. The van der Waals surface area contributed by atoms with Crippen LogP contribution in [-0.4, -0.2) is 35.6 Å². The highest BCUT2D eigenvalue weighted by Gasteiger charge is 2.25. The summed E-state index contributed by atoms with van der Waals surface area (Å²) in [6, 6.07) is 20.8. The van der Waals surface area contributed by atoms with E-state index < -0.39 is 30.0 Å². The number of halogens is 2. The Morgan fingerprint density at radius 1 is 0.758 bits per heavy atom. The lowest BCUT2D eigenvalue weighted by molar-refractivity contribution is -0.139. The molecule has 0 bridgehead atoms. The fourth-order valence-electron chi connectivity index (χ4n) is 3.17. The zero-order chi connectivity index (χ0) is 23.8. The topological polar surface area (TPSA) is 108 Å². The molecule has 0 aliphatic heterocycles. The molecule has 170 valence electrons. The second-order valence-electron chi connectivity index (χ2n) is 7.07. The van der Waals surface area contributed by atoms with E-state index >= 15 is 0 Å². The molecule has 7 nitrogen and oxygen atoms in total. The van der Waals surface area contributed by atoms with Crippen LogP contribution in [0, 0.1) is 0 Å². The Bertz CT molecular complexity index is 1070. The molecule has 0 radical (unpaired) electrons. The second-order valence-corrected chi connectivity index (χ2v) is 7.88. The zero-order valence-corrected chi connectivity index (χ0v) is 18.8. The van der Waals surface area contributed by atoms with Gasteiger partial charge in [0, 0.05) is 0 Å². The Morgan fingerprint density at radius 3 is 1.76 bits per heavy atom. The van der Waals surface area contributed by atoms with Crippen LogP contribution in [-0.2, 0) is 4.79 Å². The van der Waals surface area contributed by atoms with Crippen molar-refractivity contribution in [3.05, 3.63) is 106 Å². The van der Waals surface area contributed by atoms with Crippen LogP contribution < -0.4 is 16.0 Å². The maximum Gasteiger partial charge on any atom is 0.328 e. The third kappa shape index (κ3) is 6.47. The molecule has 33 heavy (non-hydrogen) atoms. The van der Waals surface area contributed by atoms with E-state index in [1.165, 1.54) is 12.1 Å². The fourth-order valence-corrected chi connectivity index (χ4v) is 3.74. The quantitative estimate of drug-likeness (QED) is 0.382. The first-order valence-corrected chi connectivity index (χ1v) is 10.7. The maximum absolute atomic E-state index is 12.6. The molecule has 0 fully saturated rings. The first-order valence-electron chi connectivity index (χ1n) is 9.98. The minimum Gasteiger partial charge on any atom is -0.480 e. The molecular formula is C24H21Cl2N3O4. The standard InChI is InChI=1S/C24H21Cl2N3O4/c25-17-12-7-13-18(26)20(17)22(30)28-19(23(31)32)14-27-24(33)29-21(15-8-3-1-4-9-15)16-10-5-2-6-11-16/h1-13,19,21H,14H2,(H,28,30)(H,31,32)(H2,27,29,33)/t19-/m0/s1. The lowest BCUT2D eigenvalue weighted by atomic mass is 9.99. The van der Waals surface area contributed by atoms with Crippen molar-refractivity contribution in [3.63, 3.8) is 0 Å². The first kappa shape index (κ1) is 24.1. The molecule has 3 amide bonds. The molecule has 0 saturated heterocycles. The minimum absolute atomic E-state index is 0.0373. The molecule has 0 heterocycles. The van der Waals surface area contributed by atoms with E-state index in [2.05, 4.69) is 16.0 Å². The van der Waals surface area contributed by atoms with Gasteiger partial charge in [-0.2, -0.15) is 0 Å². The number of amides is 3. The van der Waals surface area contributed by atoms with Gasteiger partial charge in [0.05, 0.1) is 28.2 Å². The first-order chi connectivity index (χ1) is 15.9. The average Bonchev–Trinajstić information content (AvgIpc) is 2.81. The number of aliphatic carboxylic acids is 1. The van der Waals surface area contributed by atoms with E-state index in [0.717, 1.165) is 11.1 Å². The predicted molar refractivity (Wildman–Crippen MR) is 127 cm³/mol. The molecule has 3 aromatic rings. The lowest BCUT2D eigenvalue weighted by Gasteiger charge is -2.21. The Kier molecular flexibility index (Phi) is 8.29. The van der Waals surface area contributed by atoms with Crippen molar-refractivity contribution in [3.8, 4) is 0 Å². The smallest absolute Gasteiger partial charge is 0.328 e. The highest BCUT2D eigenvalue weighted by Crippen LogP contribution is 2.24. The van der Waals surface area contributed by atoms with Crippen LogP contribution in [0.2, 0.25) is 10.0 Å². The molecule has 0 aliphatic rings. The summed E-state index contributed by atoms with van der Waals surface area (Å²) in [5.41, 5.74) is 1.68. The summed E-state index contributed by atoms with van der Waals surface area (Å²) in [5, 5.41) is 17.4. The maximum atomic E-state index is 12.6. The van der Waals surface area contributed by atoms with Gasteiger partial charge in [-0.1, -0.05) is 89.9 Å². The van der Waals surface area contributed by atoms with Crippen molar-refractivity contribution in [1.29, 1.82) is 0 Å². The van der Waals surface area contributed by atoms with Crippen molar-refractivity contribution in [1.82, 2.24) is 16.0 Å². The summed E-state index contributed by atoms with van der Waals surface area (Å²) in [4.78, 5) is 36.8. The number of carbonyl (C=O) groups excluding carboxylic acids is 2. The number of urea groups is 1. The molecule has 0 unspecified atom stereocenters. The number of carboxylic acids is 1. The third-order valence-corrected chi connectivity index (χ3v) is 5.43. The van der Waals surface area contributed by atoms with Crippen LogP contribution in [0.25, 0.3) is 0 Å². The largest absolute Gasteiger partial charge is 0.480 e. The molecule has 3 rings (SSSR count). The molecule has 4 N–H and O–H groups in total. The number of rotatable bonds is 8. The average molecular weight is 486 g/mol. The highest BCUT2D eigenvalue weighted by molar-refractivity contribution is 6.39. The van der Waals surface area contributed by atoms with Crippen LogP contribution in [0.4, 0.5) is 4.79 Å². The second kappa shape index (κ2) is 11.4. The predicted octanol–water partition coefficient (Wildman–Crippen LogP) is 4.27. The molecule has 0 spiro atoms. The zero-order valence-electron chi connectivity index (χ0n) is 17.3. The minimum atomic E-state index is -1.40. The lowest BCUT2D eigenvalue weighted by Crippen LogP contribution is -2.50. The Balaban J connectivity index is 1.68. The van der Waals surface area contributed by atoms with E-state index in [1.807, 2.05) is 60.7 Å². The van der Waals surface area contributed by atoms with Gasteiger partial charge in [0.25, 0.3) is 5.91 Å². The van der Waals surface area contributed by atoms with Gasteiger partial charge in [-0.3, -0.25) is 4.79 Å². The summed E-state index contributed by atoms with van der Waals surface area (Å²) in [5.74, 6) is -2.08. The molecule has 3 aromatic carbocycles. The van der Waals surface area contributed by atoms with Gasteiger partial charge in [0.2, 0.25) is 0 Å². The van der Waals surface area contributed by atoms with Crippen LogP contribution >= 0.6 is 23.2 Å². The van der Waals surface area contributed by atoms with Gasteiger partial charge in [0.1, 0.15) is 6.04 Å². The molecule has 0 aliphatic carbocycles. The molecule has 0 saturated carbocycles. The number of carboxylic acid groups (broad SMARTS) is 1. The van der Waals surface area contributed by atoms with Gasteiger partial charge in [-0.25, -0.2) is 9.59 Å². The van der Waals surface area contributed by atoms with Crippen molar-refractivity contribution in [2.75, 3.05) is 6.54 Å². The Morgan fingerprint density at radius 2 is 1.27 bits per heavy atom.